The molecule has 0 amide bonds. The molecule has 5 heteroatoms. The van der Waals surface area contributed by atoms with Gasteiger partial charge in [0, 0.05) is 19.7 Å². The van der Waals surface area contributed by atoms with Gasteiger partial charge in [0.25, 0.3) is 0 Å². The topological polar surface area (TPSA) is 75.9 Å². The van der Waals surface area contributed by atoms with Crippen LogP contribution in [0, 0.1) is 0 Å². The van der Waals surface area contributed by atoms with Gasteiger partial charge in [-0.1, -0.05) is 42.5 Å². The van der Waals surface area contributed by atoms with Crippen LogP contribution in [-0.2, 0) is 6.54 Å². The number of rotatable bonds is 4. The van der Waals surface area contributed by atoms with Crippen LogP contribution in [0.1, 0.15) is 5.56 Å². The van der Waals surface area contributed by atoms with E-state index < -0.39 is 0 Å². The average Bonchev–Trinajstić information content (AvgIpc) is 2.52. The average molecular weight is 279 g/mol. The molecule has 0 aliphatic heterocycles. The van der Waals surface area contributed by atoms with E-state index in [0.717, 1.165) is 0 Å². The van der Waals surface area contributed by atoms with Crippen molar-refractivity contribution in [3.8, 4) is 0 Å². The van der Waals surface area contributed by atoms with Gasteiger partial charge in [-0.2, -0.15) is 9.97 Å². The summed E-state index contributed by atoms with van der Waals surface area (Å²) in [4.78, 5) is 8.27. The van der Waals surface area contributed by atoms with Gasteiger partial charge in [0.1, 0.15) is 11.6 Å². The van der Waals surface area contributed by atoms with E-state index in [-0.39, 0.29) is 5.95 Å². The zero-order valence-corrected chi connectivity index (χ0v) is 11.8. The Morgan fingerprint density at radius 3 is 2.62 bits per heavy atom. The van der Waals surface area contributed by atoms with E-state index in [1.54, 1.807) is 7.05 Å². The van der Waals surface area contributed by atoms with E-state index in [1.165, 1.54) is 16.3 Å². The number of hydrogen-bond acceptors (Lipinski definition) is 5. The van der Waals surface area contributed by atoms with Crippen LogP contribution in [-0.4, -0.2) is 17.0 Å². The number of nitrogens with two attached hydrogens (primary N) is 1. The predicted molar refractivity (Wildman–Crippen MR) is 87.3 cm³/mol. The molecule has 1 aromatic heterocycles. The summed E-state index contributed by atoms with van der Waals surface area (Å²) in [6, 6.07) is 16.4. The van der Waals surface area contributed by atoms with Gasteiger partial charge in [-0.05, 0) is 16.3 Å². The summed E-state index contributed by atoms with van der Waals surface area (Å²) in [7, 11) is 1.80. The second-order valence-corrected chi connectivity index (χ2v) is 4.74. The van der Waals surface area contributed by atoms with E-state index in [2.05, 4.69) is 50.9 Å². The Kier molecular flexibility index (Phi) is 3.55. The highest BCUT2D eigenvalue weighted by atomic mass is 15.1. The molecule has 0 spiro atoms. The number of nitrogens with one attached hydrogen (secondary N) is 2. The largest absolute Gasteiger partial charge is 0.373 e. The van der Waals surface area contributed by atoms with Crippen LogP contribution in [0.2, 0.25) is 0 Å². The second-order valence-electron chi connectivity index (χ2n) is 4.74. The lowest BCUT2D eigenvalue weighted by Gasteiger charge is -2.10. The van der Waals surface area contributed by atoms with E-state index in [1.807, 2.05) is 18.2 Å². The standard InChI is InChI=1S/C16H17N5/c1-18-14-9-15(21-16(17)20-14)19-10-12-7-4-6-11-5-2-3-8-13(11)12/h2-9H,10H2,1H3,(H4,17,18,19,20,21). The maximum Gasteiger partial charge on any atom is 0.223 e. The van der Waals surface area contributed by atoms with E-state index in [9.17, 15) is 0 Å². The minimum Gasteiger partial charge on any atom is -0.373 e. The lowest BCUT2D eigenvalue weighted by Crippen LogP contribution is -2.06. The molecule has 2 aromatic carbocycles. The van der Waals surface area contributed by atoms with Crippen molar-refractivity contribution >= 4 is 28.4 Å². The van der Waals surface area contributed by atoms with Crippen molar-refractivity contribution in [3.05, 3.63) is 54.1 Å². The third-order valence-corrected chi connectivity index (χ3v) is 3.34. The minimum absolute atomic E-state index is 0.252. The van der Waals surface area contributed by atoms with Crippen molar-refractivity contribution in [3.63, 3.8) is 0 Å². The molecule has 0 fully saturated rings. The highest BCUT2D eigenvalue weighted by Crippen LogP contribution is 2.20. The third-order valence-electron chi connectivity index (χ3n) is 3.34. The number of hydrogen-bond donors (Lipinski definition) is 3. The maximum atomic E-state index is 5.69. The summed E-state index contributed by atoms with van der Waals surface area (Å²) in [5.74, 6) is 1.66. The fraction of sp³-hybridized carbons (Fsp3) is 0.125. The zero-order chi connectivity index (χ0) is 14.7. The molecule has 1 heterocycles. The van der Waals surface area contributed by atoms with Gasteiger partial charge in [-0.25, -0.2) is 0 Å². The molecule has 21 heavy (non-hydrogen) atoms. The van der Waals surface area contributed by atoms with Crippen LogP contribution in [0.25, 0.3) is 10.8 Å². The Morgan fingerprint density at radius 2 is 1.76 bits per heavy atom. The fourth-order valence-corrected chi connectivity index (χ4v) is 2.32. The molecular formula is C16H17N5. The molecule has 3 aromatic rings. The minimum atomic E-state index is 0.252. The molecule has 5 nitrogen and oxygen atoms in total. The monoisotopic (exact) mass is 279 g/mol. The van der Waals surface area contributed by atoms with Crippen LogP contribution < -0.4 is 16.4 Å². The SMILES string of the molecule is CNc1cc(NCc2cccc3ccccc23)nc(N)n1. The molecule has 0 saturated heterocycles. The maximum absolute atomic E-state index is 5.69. The highest BCUT2D eigenvalue weighted by Gasteiger charge is 2.03. The molecule has 0 atom stereocenters. The van der Waals surface area contributed by atoms with Gasteiger partial charge in [0.2, 0.25) is 5.95 Å². The van der Waals surface area contributed by atoms with Gasteiger partial charge < -0.3 is 16.4 Å². The first kappa shape index (κ1) is 13.2. The van der Waals surface area contributed by atoms with E-state index >= 15 is 0 Å². The number of nitrogens with zero attached hydrogens (tertiary/aromatic N) is 2. The van der Waals surface area contributed by atoms with Crippen molar-refractivity contribution in [2.75, 3.05) is 23.4 Å². The number of aromatic nitrogens is 2. The normalized spacial score (nSPS) is 10.5. The third kappa shape index (κ3) is 2.86. The Labute approximate surface area is 123 Å². The summed E-state index contributed by atoms with van der Waals surface area (Å²) in [6.07, 6.45) is 0. The molecule has 0 aliphatic carbocycles. The predicted octanol–water partition coefficient (Wildman–Crippen LogP) is 2.87. The molecule has 0 radical (unpaired) electrons. The molecule has 0 saturated carbocycles. The molecule has 0 bridgehead atoms. The number of fused-ring (bicyclic) bond motifs is 1. The van der Waals surface area contributed by atoms with Crippen LogP contribution in [0.15, 0.2) is 48.5 Å². The Morgan fingerprint density at radius 1 is 1.00 bits per heavy atom. The summed E-state index contributed by atoms with van der Waals surface area (Å²) in [5, 5.41) is 8.73. The first-order valence-electron chi connectivity index (χ1n) is 6.79. The quantitative estimate of drug-likeness (QED) is 0.684. The van der Waals surface area contributed by atoms with Crippen LogP contribution >= 0.6 is 0 Å². The van der Waals surface area contributed by atoms with Gasteiger partial charge in [0.15, 0.2) is 0 Å². The van der Waals surface area contributed by atoms with Crippen molar-refractivity contribution in [2.24, 2.45) is 0 Å². The van der Waals surface area contributed by atoms with Gasteiger partial charge in [0.05, 0.1) is 0 Å². The second kappa shape index (κ2) is 5.66. The molecule has 0 aliphatic rings. The fourth-order valence-electron chi connectivity index (χ4n) is 2.32. The highest BCUT2D eigenvalue weighted by molar-refractivity contribution is 5.85. The molecule has 4 N–H and O–H groups in total. The first-order chi connectivity index (χ1) is 10.3. The van der Waals surface area contributed by atoms with Crippen molar-refractivity contribution < 1.29 is 0 Å². The van der Waals surface area contributed by atoms with Gasteiger partial charge in [-0.15, -0.1) is 0 Å². The summed E-state index contributed by atoms with van der Waals surface area (Å²) in [6.45, 7) is 0.682. The molecular weight excluding hydrogens is 262 g/mol. The van der Waals surface area contributed by atoms with Crippen LogP contribution in [0.4, 0.5) is 17.6 Å². The van der Waals surface area contributed by atoms with Crippen molar-refractivity contribution in [1.82, 2.24) is 9.97 Å². The Balaban J connectivity index is 1.85. The smallest absolute Gasteiger partial charge is 0.223 e. The lowest BCUT2D eigenvalue weighted by atomic mass is 10.0. The van der Waals surface area contributed by atoms with Crippen molar-refractivity contribution in [2.45, 2.75) is 6.54 Å². The molecule has 3 rings (SSSR count). The molecule has 0 unspecified atom stereocenters. The lowest BCUT2D eigenvalue weighted by molar-refractivity contribution is 1.10. The van der Waals surface area contributed by atoms with Gasteiger partial charge >= 0.3 is 0 Å². The van der Waals surface area contributed by atoms with E-state index in [4.69, 9.17) is 5.73 Å². The van der Waals surface area contributed by atoms with Crippen LogP contribution in [0.3, 0.4) is 0 Å². The summed E-state index contributed by atoms with van der Waals surface area (Å²) >= 11 is 0. The van der Waals surface area contributed by atoms with E-state index in [0.29, 0.717) is 18.2 Å². The Hall–Kier alpha value is -2.82. The Bertz CT molecular complexity index is 764. The zero-order valence-electron chi connectivity index (χ0n) is 11.8. The number of anilines is 3. The number of nitrogen functional groups attached to an aromatic ring is 1. The first-order valence-corrected chi connectivity index (χ1v) is 6.79. The number of benzene rings is 2. The van der Waals surface area contributed by atoms with Crippen LogP contribution in [0.5, 0.6) is 0 Å². The summed E-state index contributed by atoms with van der Waals surface area (Å²) < 4.78 is 0. The van der Waals surface area contributed by atoms with Gasteiger partial charge in [-0.3, -0.25) is 0 Å². The molecule has 106 valence electrons. The van der Waals surface area contributed by atoms with Crippen molar-refractivity contribution in [1.29, 1.82) is 0 Å². The summed E-state index contributed by atoms with van der Waals surface area (Å²) in [5.41, 5.74) is 6.91.